The van der Waals surface area contributed by atoms with Crippen molar-refractivity contribution in [2.75, 3.05) is 19.6 Å². The zero-order chi connectivity index (χ0) is 13.1. The van der Waals surface area contributed by atoms with Crippen molar-refractivity contribution < 1.29 is 9.90 Å². The Balaban J connectivity index is 2.18. The first-order valence-electron chi connectivity index (χ1n) is 6.13. The fourth-order valence-corrected chi connectivity index (χ4v) is 2.33. The molecule has 0 radical (unpaired) electrons. The Labute approximate surface area is 121 Å². The highest BCUT2D eigenvalue weighted by molar-refractivity contribution is 14.1. The number of nitrogens with one attached hydrogen (secondary N) is 1. The van der Waals surface area contributed by atoms with Crippen LogP contribution in [0, 0.1) is 3.57 Å². The number of phenols is 1. The number of aromatic hydroxyl groups is 1. The molecule has 1 aliphatic heterocycles. The van der Waals surface area contributed by atoms with Crippen LogP contribution >= 0.6 is 22.6 Å². The van der Waals surface area contributed by atoms with Crippen molar-refractivity contribution in [2.45, 2.75) is 19.4 Å². The van der Waals surface area contributed by atoms with Gasteiger partial charge in [0.15, 0.2) is 0 Å². The highest BCUT2D eigenvalue weighted by atomic mass is 127. The molecule has 0 atom stereocenters. The van der Waals surface area contributed by atoms with E-state index in [1.54, 1.807) is 18.2 Å². The molecule has 0 unspecified atom stereocenters. The van der Waals surface area contributed by atoms with Crippen LogP contribution in [0.4, 0.5) is 0 Å². The van der Waals surface area contributed by atoms with Crippen LogP contribution in [0.15, 0.2) is 18.2 Å². The molecule has 1 fully saturated rings. The summed E-state index contributed by atoms with van der Waals surface area (Å²) in [5.74, 6) is 0.180. The van der Waals surface area contributed by atoms with Crippen molar-refractivity contribution in [3.63, 3.8) is 0 Å². The molecule has 2 rings (SSSR count). The maximum Gasteiger partial charge on any atom is 0.254 e. The van der Waals surface area contributed by atoms with E-state index in [-0.39, 0.29) is 11.7 Å². The van der Waals surface area contributed by atoms with Crippen molar-refractivity contribution in [3.8, 4) is 5.75 Å². The summed E-state index contributed by atoms with van der Waals surface area (Å²) in [7, 11) is 0. The van der Waals surface area contributed by atoms with Gasteiger partial charge in [-0.2, -0.15) is 0 Å². The van der Waals surface area contributed by atoms with Crippen LogP contribution in [0.3, 0.4) is 0 Å². The number of amides is 1. The molecule has 2 N–H and O–H groups in total. The van der Waals surface area contributed by atoms with E-state index in [9.17, 15) is 9.90 Å². The Morgan fingerprint density at radius 3 is 2.78 bits per heavy atom. The SMILES string of the molecule is CCCN(C(=O)c1ccc(I)c(O)c1)C1CNC1. The molecule has 1 amide bonds. The minimum absolute atomic E-state index is 0.00931. The summed E-state index contributed by atoms with van der Waals surface area (Å²) in [5, 5.41) is 12.9. The molecule has 1 aliphatic rings. The van der Waals surface area contributed by atoms with Gasteiger partial charge in [-0.1, -0.05) is 6.92 Å². The summed E-state index contributed by atoms with van der Waals surface area (Å²) in [4.78, 5) is 14.3. The fraction of sp³-hybridized carbons (Fsp3) is 0.462. The van der Waals surface area contributed by atoms with Gasteiger partial charge in [0.2, 0.25) is 0 Å². The minimum Gasteiger partial charge on any atom is -0.507 e. The third-order valence-corrected chi connectivity index (χ3v) is 4.03. The molecule has 98 valence electrons. The monoisotopic (exact) mass is 360 g/mol. The Hall–Kier alpha value is -0.820. The molecule has 0 spiro atoms. The number of nitrogens with zero attached hydrogens (tertiary/aromatic N) is 1. The van der Waals surface area contributed by atoms with Crippen molar-refractivity contribution >= 4 is 28.5 Å². The summed E-state index contributed by atoms with van der Waals surface area (Å²) >= 11 is 2.05. The van der Waals surface area contributed by atoms with Gasteiger partial charge in [0, 0.05) is 25.2 Å². The molecule has 0 bridgehead atoms. The van der Waals surface area contributed by atoms with Crippen LogP contribution in [0.1, 0.15) is 23.7 Å². The first-order valence-corrected chi connectivity index (χ1v) is 7.21. The van der Waals surface area contributed by atoms with E-state index in [1.165, 1.54) is 0 Å². The van der Waals surface area contributed by atoms with Gasteiger partial charge < -0.3 is 15.3 Å². The van der Waals surface area contributed by atoms with Crippen LogP contribution in [-0.4, -0.2) is 41.6 Å². The van der Waals surface area contributed by atoms with E-state index in [1.807, 2.05) is 27.5 Å². The summed E-state index contributed by atoms with van der Waals surface area (Å²) in [6, 6.07) is 5.39. The lowest BCUT2D eigenvalue weighted by Crippen LogP contribution is -2.59. The number of hydrogen-bond acceptors (Lipinski definition) is 3. The predicted octanol–water partition coefficient (Wildman–Crippen LogP) is 1.82. The zero-order valence-corrected chi connectivity index (χ0v) is 12.5. The second kappa shape index (κ2) is 5.88. The third-order valence-electron chi connectivity index (χ3n) is 3.12. The van der Waals surface area contributed by atoms with Crippen LogP contribution in [0.2, 0.25) is 0 Å². The number of halogens is 1. The first kappa shape index (κ1) is 13.6. The van der Waals surface area contributed by atoms with Gasteiger partial charge in [0.1, 0.15) is 5.75 Å². The van der Waals surface area contributed by atoms with Crippen molar-refractivity contribution in [1.82, 2.24) is 10.2 Å². The number of hydrogen-bond donors (Lipinski definition) is 2. The van der Waals surface area contributed by atoms with Crippen molar-refractivity contribution in [2.24, 2.45) is 0 Å². The van der Waals surface area contributed by atoms with E-state index in [0.717, 1.165) is 29.6 Å². The van der Waals surface area contributed by atoms with Gasteiger partial charge in [-0.15, -0.1) is 0 Å². The smallest absolute Gasteiger partial charge is 0.254 e. The summed E-state index contributed by atoms with van der Waals surface area (Å²) in [6.45, 7) is 4.56. The van der Waals surface area contributed by atoms with Gasteiger partial charge in [-0.3, -0.25) is 4.79 Å². The normalized spacial score (nSPS) is 15.2. The lowest BCUT2D eigenvalue weighted by atomic mass is 10.1. The fourth-order valence-electron chi connectivity index (χ4n) is 2.00. The average Bonchev–Trinajstić information content (AvgIpc) is 2.29. The maximum absolute atomic E-state index is 12.4. The highest BCUT2D eigenvalue weighted by Gasteiger charge is 2.28. The molecule has 18 heavy (non-hydrogen) atoms. The Bertz CT molecular complexity index is 447. The maximum atomic E-state index is 12.4. The molecular weight excluding hydrogens is 343 g/mol. The number of carbonyl (C=O) groups is 1. The van der Waals surface area contributed by atoms with Crippen LogP contribution in [-0.2, 0) is 0 Å². The van der Waals surface area contributed by atoms with Gasteiger partial charge in [0.05, 0.1) is 9.61 Å². The van der Waals surface area contributed by atoms with Crippen molar-refractivity contribution in [1.29, 1.82) is 0 Å². The molecule has 0 saturated carbocycles. The number of benzene rings is 1. The molecule has 5 heteroatoms. The number of carbonyl (C=O) groups excluding carboxylic acids is 1. The highest BCUT2D eigenvalue weighted by Crippen LogP contribution is 2.22. The standard InChI is InChI=1S/C13H17IN2O2/c1-2-5-16(10-7-15-8-10)13(18)9-3-4-11(14)12(17)6-9/h3-4,6,10,15,17H,2,5,7-8H2,1H3. The van der Waals surface area contributed by atoms with Gasteiger partial charge in [-0.25, -0.2) is 0 Å². The molecule has 0 aromatic heterocycles. The lowest BCUT2D eigenvalue weighted by molar-refractivity contribution is 0.0615. The molecule has 1 saturated heterocycles. The van der Waals surface area contributed by atoms with Crippen LogP contribution in [0.25, 0.3) is 0 Å². The van der Waals surface area contributed by atoms with Crippen molar-refractivity contribution in [3.05, 3.63) is 27.3 Å². The molecule has 1 aromatic rings. The van der Waals surface area contributed by atoms with Gasteiger partial charge >= 0.3 is 0 Å². The molecule has 0 aliphatic carbocycles. The minimum atomic E-state index is 0.00931. The number of rotatable bonds is 4. The van der Waals surface area contributed by atoms with E-state index in [2.05, 4.69) is 12.2 Å². The lowest BCUT2D eigenvalue weighted by Gasteiger charge is -2.38. The number of phenolic OH excluding ortho intramolecular Hbond substituents is 1. The predicted molar refractivity (Wildman–Crippen MR) is 78.8 cm³/mol. The van der Waals surface area contributed by atoms with E-state index < -0.39 is 0 Å². The largest absolute Gasteiger partial charge is 0.507 e. The summed E-state index contributed by atoms with van der Waals surface area (Å²) in [5.41, 5.74) is 0.563. The van der Waals surface area contributed by atoms with Crippen LogP contribution < -0.4 is 5.32 Å². The molecule has 1 heterocycles. The van der Waals surface area contributed by atoms with Gasteiger partial charge in [0.25, 0.3) is 5.91 Å². The first-order chi connectivity index (χ1) is 8.63. The summed E-state index contributed by atoms with van der Waals surface area (Å²) in [6.07, 6.45) is 0.943. The van der Waals surface area contributed by atoms with E-state index in [0.29, 0.717) is 11.6 Å². The Kier molecular flexibility index (Phi) is 4.45. The second-order valence-electron chi connectivity index (χ2n) is 4.48. The topological polar surface area (TPSA) is 52.6 Å². The Morgan fingerprint density at radius 2 is 2.28 bits per heavy atom. The summed E-state index contributed by atoms with van der Waals surface area (Å²) < 4.78 is 0.761. The molecule has 1 aromatic carbocycles. The van der Waals surface area contributed by atoms with E-state index >= 15 is 0 Å². The third kappa shape index (κ3) is 2.77. The van der Waals surface area contributed by atoms with E-state index in [4.69, 9.17) is 0 Å². The molecule has 4 nitrogen and oxygen atoms in total. The average molecular weight is 360 g/mol. The van der Waals surface area contributed by atoms with Gasteiger partial charge in [-0.05, 0) is 47.2 Å². The quantitative estimate of drug-likeness (QED) is 0.806. The molecular formula is C13H17IN2O2. The van der Waals surface area contributed by atoms with Crippen LogP contribution in [0.5, 0.6) is 5.75 Å². The second-order valence-corrected chi connectivity index (χ2v) is 5.64. The Morgan fingerprint density at radius 1 is 1.56 bits per heavy atom. The zero-order valence-electron chi connectivity index (χ0n) is 10.3.